The first kappa shape index (κ1) is 22.3. The fourth-order valence-electron chi connectivity index (χ4n) is 2.37. The molecule has 0 saturated carbocycles. The number of rotatable bonds is 6. The van der Waals surface area contributed by atoms with Crippen molar-refractivity contribution in [2.24, 2.45) is 0 Å². The third-order valence-electron chi connectivity index (χ3n) is 3.82. The van der Waals surface area contributed by atoms with Gasteiger partial charge < -0.3 is 15.0 Å². The highest BCUT2D eigenvalue weighted by molar-refractivity contribution is 6.31. The Morgan fingerprint density at radius 2 is 1.93 bits per heavy atom. The van der Waals surface area contributed by atoms with Crippen molar-refractivity contribution in [3.8, 4) is 5.75 Å². The Morgan fingerprint density at radius 1 is 1.21 bits per heavy atom. The molecule has 2 amide bonds. The molecule has 0 bridgehead atoms. The fraction of sp³-hybridized carbons (Fsp3) is 0.200. The summed E-state index contributed by atoms with van der Waals surface area (Å²) < 4.78 is 43.3. The number of hydrogen-bond acceptors (Lipinski definition) is 3. The normalized spacial score (nSPS) is 11.4. The maximum absolute atomic E-state index is 12.7. The third kappa shape index (κ3) is 6.53. The lowest BCUT2D eigenvalue weighted by Gasteiger charge is -2.16. The molecule has 0 saturated heterocycles. The second-order valence-electron chi connectivity index (χ2n) is 6.04. The number of methoxy groups -OCH3 is 1. The Balaban J connectivity index is 1.99. The summed E-state index contributed by atoms with van der Waals surface area (Å²) in [6, 6.07) is 9.27. The van der Waals surface area contributed by atoms with Gasteiger partial charge in [-0.25, -0.2) is 0 Å². The minimum absolute atomic E-state index is 0.217. The molecule has 0 radical (unpaired) electrons. The molecule has 1 N–H and O–H groups in total. The minimum atomic E-state index is -4.47. The van der Waals surface area contributed by atoms with Crippen LogP contribution in [0.3, 0.4) is 0 Å². The van der Waals surface area contributed by atoms with E-state index in [0.717, 1.165) is 23.1 Å². The Bertz CT molecular complexity index is 929. The van der Waals surface area contributed by atoms with Crippen LogP contribution < -0.4 is 10.1 Å². The molecule has 2 rings (SSSR count). The van der Waals surface area contributed by atoms with E-state index in [1.807, 2.05) is 0 Å². The number of carbonyl (C=O) groups is 2. The summed E-state index contributed by atoms with van der Waals surface area (Å²) in [5, 5.41) is 2.99. The van der Waals surface area contributed by atoms with Crippen molar-refractivity contribution in [1.82, 2.24) is 4.90 Å². The van der Waals surface area contributed by atoms with Crippen LogP contribution >= 0.6 is 11.6 Å². The van der Waals surface area contributed by atoms with E-state index >= 15 is 0 Å². The van der Waals surface area contributed by atoms with E-state index in [2.05, 4.69) is 5.32 Å². The van der Waals surface area contributed by atoms with E-state index in [1.54, 1.807) is 12.1 Å². The molecule has 0 unspecified atom stereocenters. The Hall–Kier alpha value is -3.00. The molecule has 29 heavy (non-hydrogen) atoms. The Kier molecular flexibility index (Phi) is 7.28. The first-order valence-corrected chi connectivity index (χ1v) is 8.72. The Morgan fingerprint density at radius 3 is 2.59 bits per heavy atom. The zero-order valence-corrected chi connectivity index (χ0v) is 16.3. The van der Waals surface area contributed by atoms with Crippen molar-refractivity contribution >= 4 is 35.2 Å². The maximum Gasteiger partial charge on any atom is 0.416 e. The first-order chi connectivity index (χ1) is 13.6. The van der Waals surface area contributed by atoms with E-state index in [9.17, 15) is 22.8 Å². The highest BCUT2D eigenvalue weighted by Gasteiger charge is 2.30. The summed E-state index contributed by atoms with van der Waals surface area (Å²) in [5.74, 6) is -0.634. The smallest absolute Gasteiger partial charge is 0.416 e. The topological polar surface area (TPSA) is 58.6 Å². The van der Waals surface area contributed by atoms with Gasteiger partial charge in [0.2, 0.25) is 11.8 Å². The number of anilines is 1. The van der Waals surface area contributed by atoms with E-state index < -0.39 is 23.6 Å². The SMILES string of the molecule is COc1ccc(Cl)cc1NC(=O)CN(C)C(=O)/C=C/c1cccc(C(F)(F)F)c1. The second kappa shape index (κ2) is 9.47. The van der Waals surface area contributed by atoms with Gasteiger partial charge in [0.15, 0.2) is 0 Å². The van der Waals surface area contributed by atoms with E-state index in [1.165, 1.54) is 38.4 Å². The standard InChI is InChI=1S/C20H18ClF3N2O3/c1-26(12-18(27)25-16-11-15(21)7-8-17(16)29-2)19(28)9-6-13-4-3-5-14(10-13)20(22,23)24/h3-11H,12H2,1-2H3,(H,25,27)/b9-6+. The number of hydrogen-bond donors (Lipinski definition) is 1. The molecule has 154 valence electrons. The number of likely N-dealkylation sites (N-methyl/N-ethyl adjacent to an activating group) is 1. The van der Waals surface area contributed by atoms with E-state index in [0.29, 0.717) is 16.5 Å². The van der Waals surface area contributed by atoms with Crippen LogP contribution in [0.15, 0.2) is 48.5 Å². The molecule has 0 spiro atoms. The number of alkyl halides is 3. The summed E-state index contributed by atoms with van der Waals surface area (Å²) in [7, 11) is 2.83. The summed E-state index contributed by atoms with van der Waals surface area (Å²) in [4.78, 5) is 25.5. The van der Waals surface area contributed by atoms with Crippen LogP contribution in [0.2, 0.25) is 5.02 Å². The average molecular weight is 427 g/mol. The molecule has 2 aromatic carbocycles. The molecule has 0 heterocycles. The van der Waals surface area contributed by atoms with Crippen LogP contribution in [-0.2, 0) is 15.8 Å². The van der Waals surface area contributed by atoms with Gasteiger partial charge in [0, 0.05) is 18.1 Å². The molecule has 0 aliphatic heterocycles. The second-order valence-corrected chi connectivity index (χ2v) is 6.48. The zero-order chi connectivity index (χ0) is 21.6. The fourth-order valence-corrected chi connectivity index (χ4v) is 2.55. The molecule has 0 atom stereocenters. The van der Waals surface area contributed by atoms with Crippen molar-refractivity contribution in [3.05, 3.63) is 64.7 Å². The van der Waals surface area contributed by atoms with E-state index in [-0.39, 0.29) is 12.1 Å². The van der Waals surface area contributed by atoms with E-state index in [4.69, 9.17) is 16.3 Å². The van der Waals surface area contributed by atoms with Gasteiger partial charge in [-0.05, 0) is 42.0 Å². The summed E-state index contributed by atoms with van der Waals surface area (Å²) in [6.07, 6.45) is -2.11. The van der Waals surface area contributed by atoms with Crippen LogP contribution in [-0.4, -0.2) is 37.4 Å². The van der Waals surface area contributed by atoms with Gasteiger partial charge in [-0.3, -0.25) is 9.59 Å². The van der Waals surface area contributed by atoms with Crippen molar-refractivity contribution in [1.29, 1.82) is 0 Å². The molecule has 0 aliphatic carbocycles. The zero-order valence-electron chi connectivity index (χ0n) is 15.6. The molecular formula is C20H18ClF3N2O3. The molecule has 9 heteroatoms. The van der Waals surface area contributed by atoms with Crippen molar-refractivity contribution in [2.45, 2.75) is 6.18 Å². The van der Waals surface area contributed by atoms with Crippen LogP contribution in [0.5, 0.6) is 5.75 Å². The van der Waals surface area contributed by atoms with Crippen molar-refractivity contribution in [2.75, 3.05) is 26.0 Å². The number of nitrogens with zero attached hydrogens (tertiary/aromatic N) is 1. The first-order valence-electron chi connectivity index (χ1n) is 8.34. The van der Waals surface area contributed by atoms with Crippen LogP contribution in [0, 0.1) is 0 Å². The lowest BCUT2D eigenvalue weighted by Crippen LogP contribution is -2.33. The average Bonchev–Trinajstić information content (AvgIpc) is 2.65. The van der Waals surface area contributed by atoms with Gasteiger partial charge in [0.25, 0.3) is 0 Å². The number of ether oxygens (including phenoxy) is 1. The lowest BCUT2D eigenvalue weighted by molar-refractivity contribution is -0.137. The predicted octanol–water partition coefficient (Wildman–Crippen LogP) is 4.48. The largest absolute Gasteiger partial charge is 0.495 e. The molecule has 5 nitrogen and oxygen atoms in total. The van der Waals surface area contributed by atoms with Crippen LogP contribution in [0.4, 0.5) is 18.9 Å². The highest BCUT2D eigenvalue weighted by Crippen LogP contribution is 2.30. The quantitative estimate of drug-likeness (QED) is 0.693. The molecule has 2 aromatic rings. The summed E-state index contributed by atoms with van der Waals surface area (Å²) >= 11 is 5.90. The molecule has 0 aromatic heterocycles. The summed E-state index contributed by atoms with van der Waals surface area (Å²) in [6.45, 7) is -0.276. The molecule has 0 fully saturated rings. The predicted molar refractivity (Wildman–Crippen MR) is 105 cm³/mol. The lowest BCUT2D eigenvalue weighted by atomic mass is 10.1. The highest BCUT2D eigenvalue weighted by atomic mass is 35.5. The number of amides is 2. The monoisotopic (exact) mass is 426 g/mol. The van der Waals surface area contributed by atoms with Crippen molar-refractivity contribution in [3.63, 3.8) is 0 Å². The number of halogens is 4. The third-order valence-corrected chi connectivity index (χ3v) is 4.06. The van der Waals surface area contributed by atoms with Crippen LogP contribution in [0.25, 0.3) is 6.08 Å². The van der Waals surface area contributed by atoms with Crippen LogP contribution in [0.1, 0.15) is 11.1 Å². The number of benzene rings is 2. The number of nitrogens with one attached hydrogen (secondary N) is 1. The summed E-state index contributed by atoms with van der Waals surface area (Å²) in [5.41, 5.74) is -0.240. The van der Waals surface area contributed by atoms with Gasteiger partial charge in [0.1, 0.15) is 5.75 Å². The van der Waals surface area contributed by atoms with Gasteiger partial charge >= 0.3 is 6.18 Å². The maximum atomic E-state index is 12.7. The van der Waals surface area contributed by atoms with Gasteiger partial charge in [-0.2, -0.15) is 13.2 Å². The number of carbonyl (C=O) groups excluding carboxylic acids is 2. The molecular weight excluding hydrogens is 409 g/mol. The minimum Gasteiger partial charge on any atom is -0.495 e. The van der Waals surface area contributed by atoms with Crippen molar-refractivity contribution < 1.29 is 27.5 Å². The molecule has 0 aliphatic rings. The van der Waals surface area contributed by atoms with Gasteiger partial charge in [-0.1, -0.05) is 23.7 Å². The van der Waals surface area contributed by atoms with Gasteiger partial charge in [0.05, 0.1) is 24.9 Å². The van der Waals surface area contributed by atoms with Gasteiger partial charge in [-0.15, -0.1) is 0 Å². The Labute approximate surface area is 170 Å².